The number of alkyl halides is 4. The van der Waals surface area contributed by atoms with Crippen LogP contribution in [0.1, 0.15) is 49.1 Å². The summed E-state index contributed by atoms with van der Waals surface area (Å²) in [6.07, 6.45) is -3.05. The van der Waals surface area contributed by atoms with Crippen molar-refractivity contribution >= 4 is 11.7 Å². The van der Waals surface area contributed by atoms with Crippen molar-refractivity contribution in [1.29, 1.82) is 0 Å². The molecule has 0 bridgehead atoms. The van der Waals surface area contributed by atoms with Gasteiger partial charge in [-0.05, 0) is 37.7 Å². The van der Waals surface area contributed by atoms with Gasteiger partial charge in [-0.25, -0.2) is 26.9 Å². The monoisotopic (exact) mass is 510 g/mol. The van der Waals surface area contributed by atoms with Crippen LogP contribution in [0.2, 0.25) is 0 Å². The van der Waals surface area contributed by atoms with Crippen LogP contribution in [0.4, 0.5) is 27.8 Å². The minimum Gasteiger partial charge on any atom is -0.374 e. The SMILES string of the molecule is CN1CC(CC(F)F)c2[nH]c(-c3ccnc(NC(=O)C(CC(F)F)C4=CC=C(F)CC4)c3)cc2C1O. The summed E-state index contributed by atoms with van der Waals surface area (Å²) in [5, 5.41) is 13.1. The van der Waals surface area contributed by atoms with E-state index in [-0.39, 0.29) is 37.5 Å². The molecule has 6 nitrogen and oxygen atoms in total. The van der Waals surface area contributed by atoms with Crippen molar-refractivity contribution in [3.8, 4) is 11.3 Å². The maximum Gasteiger partial charge on any atom is 0.239 e. The first-order valence-corrected chi connectivity index (χ1v) is 11.6. The molecular formula is C25H27F5N4O2. The third kappa shape index (κ3) is 5.84. The average molecular weight is 511 g/mol. The molecular weight excluding hydrogens is 483 g/mol. The zero-order valence-corrected chi connectivity index (χ0v) is 19.5. The van der Waals surface area contributed by atoms with Gasteiger partial charge >= 0.3 is 0 Å². The van der Waals surface area contributed by atoms with Gasteiger partial charge in [0, 0.05) is 60.4 Å². The molecule has 3 unspecified atom stereocenters. The number of aliphatic hydroxyl groups excluding tert-OH is 1. The summed E-state index contributed by atoms with van der Waals surface area (Å²) in [6, 6.07) is 4.84. The summed E-state index contributed by atoms with van der Waals surface area (Å²) in [5.74, 6) is -2.57. The van der Waals surface area contributed by atoms with E-state index in [2.05, 4.69) is 15.3 Å². The number of aliphatic hydroxyl groups is 1. The van der Waals surface area contributed by atoms with Crippen molar-refractivity contribution in [2.45, 2.75) is 50.7 Å². The Kier molecular flexibility index (Phi) is 7.89. The van der Waals surface area contributed by atoms with Crippen LogP contribution in [0.25, 0.3) is 11.3 Å². The molecule has 3 heterocycles. The predicted molar refractivity (Wildman–Crippen MR) is 124 cm³/mol. The first kappa shape index (κ1) is 26.0. The number of nitrogens with one attached hydrogen (secondary N) is 2. The van der Waals surface area contributed by atoms with E-state index in [0.717, 1.165) is 0 Å². The lowest BCUT2D eigenvalue weighted by Gasteiger charge is -2.34. The lowest BCUT2D eigenvalue weighted by atomic mass is 9.88. The molecule has 36 heavy (non-hydrogen) atoms. The Morgan fingerprint density at radius 1 is 1.22 bits per heavy atom. The zero-order chi connectivity index (χ0) is 26.0. The maximum atomic E-state index is 13.4. The molecule has 0 radical (unpaired) electrons. The van der Waals surface area contributed by atoms with E-state index in [1.54, 1.807) is 24.1 Å². The highest BCUT2D eigenvalue weighted by atomic mass is 19.3. The highest BCUT2D eigenvalue weighted by Crippen LogP contribution is 2.39. The Morgan fingerprint density at radius 3 is 2.67 bits per heavy atom. The van der Waals surface area contributed by atoms with E-state index in [9.17, 15) is 31.9 Å². The van der Waals surface area contributed by atoms with E-state index in [4.69, 9.17) is 0 Å². The fraction of sp³-hybridized carbons (Fsp3) is 0.440. The van der Waals surface area contributed by atoms with Crippen LogP contribution in [-0.4, -0.2) is 52.3 Å². The highest BCUT2D eigenvalue weighted by molar-refractivity contribution is 5.94. The summed E-state index contributed by atoms with van der Waals surface area (Å²) in [7, 11) is 1.65. The number of fused-ring (bicyclic) bond motifs is 1. The van der Waals surface area contributed by atoms with Gasteiger partial charge in [0.05, 0.1) is 5.92 Å². The first-order valence-electron chi connectivity index (χ1n) is 11.6. The van der Waals surface area contributed by atoms with Crippen molar-refractivity contribution in [2.24, 2.45) is 5.92 Å². The van der Waals surface area contributed by atoms with Gasteiger partial charge in [0.1, 0.15) is 17.9 Å². The third-order valence-corrected chi connectivity index (χ3v) is 6.59. The molecule has 194 valence electrons. The molecule has 3 atom stereocenters. The molecule has 11 heteroatoms. The van der Waals surface area contributed by atoms with Crippen molar-refractivity contribution in [3.05, 3.63) is 59.2 Å². The molecule has 3 N–H and O–H groups in total. The molecule has 1 aliphatic carbocycles. The quantitative estimate of drug-likeness (QED) is 0.408. The van der Waals surface area contributed by atoms with Gasteiger partial charge in [-0.15, -0.1) is 0 Å². The normalized spacial score (nSPS) is 21.2. The smallest absolute Gasteiger partial charge is 0.239 e. The van der Waals surface area contributed by atoms with Crippen molar-refractivity contribution < 1.29 is 31.9 Å². The summed E-state index contributed by atoms with van der Waals surface area (Å²) in [6.45, 7) is 0.260. The highest BCUT2D eigenvalue weighted by Gasteiger charge is 2.34. The number of aromatic nitrogens is 2. The Bertz CT molecular complexity index is 1160. The second kappa shape index (κ2) is 10.9. The molecule has 0 aromatic carbocycles. The molecule has 4 rings (SSSR count). The van der Waals surface area contributed by atoms with E-state index in [1.807, 2.05) is 0 Å². The number of carbonyl (C=O) groups excluding carboxylic acids is 1. The van der Waals surface area contributed by atoms with Gasteiger partial charge in [0.15, 0.2) is 0 Å². The first-order chi connectivity index (χ1) is 17.1. The molecule has 1 aliphatic heterocycles. The largest absolute Gasteiger partial charge is 0.374 e. The molecule has 2 aliphatic rings. The molecule has 2 aromatic heterocycles. The number of pyridine rings is 1. The molecule has 1 amide bonds. The number of likely N-dealkylation sites (N-methyl/N-ethyl adjacent to an activating group) is 1. The second-order valence-corrected chi connectivity index (χ2v) is 9.14. The van der Waals surface area contributed by atoms with Gasteiger partial charge in [-0.2, -0.15) is 0 Å². The standard InChI is InChI=1S/C25H27F5N4O2/c1-34-12-15(8-20(27)28)23-18(25(34)36)10-19(32-23)14-6-7-31-22(9-14)33-24(35)17(11-21(29)30)13-2-4-16(26)5-3-13/h2,4,6-7,9-10,15,17,20-21,25,32,36H,3,5,8,11-12H2,1H3,(H,31,33,35). The van der Waals surface area contributed by atoms with Crippen molar-refractivity contribution in [2.75, 3.05) is 18.9 Å². The van der Waals surface area contributed by atoms with Crippen LogP contribution in [0, 0.1) is 5.92 Å². The Balaban J connectivity index is 1.57. The number of anilines is 1. The number of aromatic amines is 1. The number of halogens is 5. The summed E-state index contributed by atoms with van der Waals surface area (Å²) in [5.41, 5.74) is 2.54. The molecule has 2 aromatic rings. The van der Waals surface area contributed by atoms with Gasteiger partial charge in [-0.1, -0.05) is 11.6 Å². The van der Waals surface area contributed by atoms with Gasteiger partial charge in [-0.3, -0.25) is 9.69 Å². The Morgan fingerprint density at radius 2 is 2.00 bits per heavy atom. The fourth-order valence-corrected chi connectivity index (χ4v) is 4.78. The third-order valence-electron chi connectivity index (χ3n) is 6.59. The lowest BCUT2D eigenvalue weighted by molar-refractivity contribution is -0.120. The fourth-order valence-electron chi connectivity index (χ4n) is 4.78. The van der Waals surface area contributed by atoms with Gasteiger partial charge in [0.2, 0.25) is 18.8 Å². The van der Waals surface area contributed by atoms with Crippen molar-refractivity contribution in [1.82, 2.24) is 14.9 Å². The maximum absolute atomic E-state index is 13.4. The van der Waals surface area contributed by atoms with Crippen LogP contribution in [0.3, 0.4) is 0 Å². The number of H-pyrrole nitrogens is 1. The lowest BCUT2D eigenvalue weighted by Crippen LogP contribution is -2.35. The summed E-state index contributed by atoms with van der Waals surface area (Å²) >= 11 is 0. The Labute approximate surface area is 204 Å². The minimum absolute atomic E-state index is 0.0532. The topological polar surface area (TPSA) is 81.2 Å². The van der Waals surface area contributed by atoms with Gasteiger partial charge < -0.3 is 15.4 Å². The van der Waals surface area contributed by atoms with E-state index in [1.165, 1.54) is 24.4 Å². The number of nitrogens with zero attached hydrogens (tertiary/aromatic N) is 2. The van der Waals surface area contributed by atoms with Crippen molar-refractivity contribution in [3.63, 3.8) is 0 Å². The molecule has 0 fully saturated rings. The summed E-state index contributed by atoms with van der Waals surface area (Å²) < 4.78 is 66.0. The second-order valence-electron chi connectivity index (χ2n) is 9.14. The number of amides is 1. The van der Waals surface area contributed by atoms with Crippen LogP contribution < -0.4 is 5.32 Å². The van der Waals surface area contributed by atoms with Crippen LogP contribution in [-0.2, 0) is 4.79 Å². The summed E-state index contributed by atoms with van der Waals surface area (Å²) in [4.78, 5) is 21.7. The van der Waals surface area contributed by atoms with E-state index >= 15 is 0 Å². The number of rotatable bonds is 8. The van der Waals surface area contributed by atoms with E-state index < -0.39 is 43.2 Å². The number of carbonyl (C=O) groups is 1. The van der Waals surface area contributed by atoms with E-state index in [0.29, 0.717) is 28.1 Å². The van der Waals surface area contributed by atoms with Crippen LogP contribution in [0.15, 0.2) is 47.9 Å². The molecule has 0 saturated heterocycles. The van der Waals surface area contributed by atoms with Crippen LogP contribution >= 0.6 is 0 Å². The number of hydrogen-bond acceptors (Lipinski definition) is 4. The average Bonchev–Trinajstić information content (AvgIpc) is 3.27. The predicted octanol–water partition coefficient (Wildman–Crippen LogP) is 5.54. The zero-order valence-electron chi connectivity index (χ0n) is 19.5. The number of allylic oxidation sites excluding steroid dienone is 3. The number of hydrogen-bond donors (Lipinski definition) is 3. The van der Waals surface area contributed by atoms with Crippen LogP contribution in [0.5, 0.6) is 0 Å². The van der Waals surface area contributed by atoms with Gasteiger partial charge in [0.25, 0.3) is 0 Å². The molecule has 0 spiro atoms. The minimum atomic E-state index is -2.73. The Hall–Kier alpha value is -3.05. The molecule has 0 saturated carbocycles.